The van der Waals surface area contributed by atoms with Crippen molar-refractivity contribution in [3.8, 4) is 22.3 Å². The topological polar surface area (TPSA) is 6.48 Å². The second-order valence-corrected chi connectivity index (χ2v) is 23.0. The zero-order chi connectivity index (χ0) is 49.0. The average Bonchev–Trinajstić information content (AvgIpc) is 3.55. The standard InChI is InChI=1S/C68H63BN2/c1-44-36-62-65-63(37-44)71(59-35-32-52(66(3,4)5)40-53(59)47-24-16-11-17-25-47)60-34-31-51(64(48-26-18-12-19-27-48)49-28-20-13-21-29-49)39-56(60)69(65)57-41-54-55(68(8,9)43-67(54,6)7)42-61(57)70(62)58-33-30-50(38-45(58)2)46-22-14-10-15-23-46/h10-42,64H,43H2,1-9H3. The Labute approximate surface area is 422 Å². The van der Waals surface area contributed by atoms with Crippen molar-refractivity contribution in [2.75, 3.05) is 9.80 Å². The van der Waals surface area contributed by atoms with E-state index < -0.39 is 0 Å². The molecule has 9 aromatic carbocycles. The van der Waals surface area contributed by atoms with Crippen LogP contribution in [0.1, 0.15) is 105 Å². The number of hydrogen-bond donors (Lipinski definition) is 0. The van der Waals surface area contributed by atoms with E-state index in [0.717, 1.165) is 6.42 Å². The highest BCUT2D eigenvalue weighted by atomic mass is 15.2. The lowest BCUT2D eigenvalue weighted by Crippen LogP contribution is -2.61. The van der Waals surface area contributed by atoms with Crippen LogP contribution in [0.2, 0.25) is 0 Å². The molecule has 0 unspecified atom stereocenters. The van der Waals surface area contributed by atoms with Crippen molar-refractivity contribution in [2.45, 2.75) is 90.9 Å². The van der Waals surface area contributed by atoms with Crippen LogP contribution >= 0.6 is 0 Å². The highest BCUT2D eigenvalue weighted by Crippen LogP contribution is 2.54. The van der Waals surface area contributed by atoms with E-state index in [2.05, 4.69) is 272 Å². The number of rotatable bonds is 7. The summed E-state index contributed by atoms with van der Waals surface area (Å²) in [5.74, 6) is 0.0473. The van der Waals surface area contributed by atoms with E-state index in [1.165, 1.54) is 117 Å². The lowest BCUT2D eigenvalue weighted by Gasteiger charge is -2.46. The zero-order valence-electron chi connectivity index (χ0n) is 42.8. The largest absolute Gasteiger partial charge is 0.311 e. The third-order valence-electron chi connectivity index (χ3n) is 16.0. The first-order chi connectivity index (χ1) is 34.2. The summed E-state index contributed by atoms with van der Waals surface area (Å²) >= 11 is 0. The van der Waals surface area contributed by atoms with Gasteiger partial charge in [0, 0.05) is 39.9 Å². The first-order valence-corrected chi connectivity index (χ1v) is 25.7. The zero-order valence-corrected chi connectivity index (χ0v) is 42.8. The SMILES string of the molecule is Cc1cc2c3c(c1)N(c1ccc(C(C)(C)C)cc1-c1ccccc1)c1ccc(C(c4ccccc4)c4ccccc4)cc1B3c1cc3c(cc1N2c1ccc(-c2ccccc2)cc1C)C(C)(C)CC3(C)C. The van der Waals surface area contributed by atoms with Crippen molar-refractivity contribution in [1.82, 2.24) is 0 Å². The Morgan fingerprint density at radius 2 is 0.958 bits per heavy atom. The quantitative estimate of drug-likeness (QED) is 0.116. The summed E-state index contributed by atoms with van der Waals surface area (Å²) in [6.45, 7) is 21.4. The molecule has 2 aliphatic heterocycles. The van der Waals surface area contributed by atoms with Crippen LogP contribution in [0.5, 0.6) is 0 Å². The molecule has 0 amide bonds. The number of benzene rings is 9. The molecule has 0 radical (unpaired) electrons. The van der Waals surface area contributed by atoms with Crippen LogP contribution in [0.3, 0.4) is 0 Å². The van der Waals surface area contributed by atoms with Crippen LogP contribution in [0, 0.1) is 13.8 Å². The van der Waals surface area contributed by atoms with E-state index in [1.54, 1.807) is 0 Å². The second-order valence-electron chi connectivity index (χ2n) is 23.0. The molecule has 0 bridgehead atoms. The number of anilines is 6. The fourth-order valence-corrected chi connectivity index (χ4v) is 12.9. The van der Waals surface area contributed by atoms with Gasteiger partial charge in [0.25, 0.3) is 6.71 Å². The van der Waals surface area contributed by atoms with Gasteiger partial charge >= 0.3 is 0 Å². The van der Waals surface area contributed by atoms with Crippen LogP contribution in [0.4, 0.5) is 34.1 Å². The molecule has 348 valence electrons. The summed E-state index contributed by atoms with van der Waals surface area (Å²) in [4.78, 5) is 5.28. The number of nitrogens with zero attached hydrogens (tertiary/aromatic N) is 2. The van der Waals surface area contributed by atoms with E-state index in [1.807, 2.05) is 0 Å². The summed E-state index contributed by atoms with van der Waals surface area (Å²) in [6.07, 6.45) is 1.10. The molecule has 0 spiro atoms. The molecule has 2 heterocycles. The van der Waals surface area contributed by atoms with Gasteiger partial charge in [-0.05, 0) is 163 Å². The minimum atomic E-state index is -0.0343. The van der Waals surface area contributed by atoms with Crippen molar-refractivity contribution in [3.63, 3.8) is 0 Å². The molecular formula is C68H63BN2. The molecule has 0 fully saturated rings. The molecule has 9 aromatic rings. The Morgan fingerprint density at radius 3 is 1.55 bits per heavy atom. The fraction of sp³-hybridized carbons (Fsp3) is 0.206. The Hall–Kier alpha value is -7.36. The maximum absolute atomic E-state index is 2.66. The van der Waals surface area contributed by atoms with Crippen molar-refractivity contribution < 1.29 is 0 Å². The fourth-order valence-electron chi connectivity index (χ4n) is 12.9. The van der Waals surface area contributed by atoms with Gasteiger partial charge in [0.1, 0.15) is 0 Å². The van der Waals surface area contributed by atoms with Crippen LogP contribution in [-0.4, -0.2) is 6.71 Å². The van der Waals surface area contributed by atoms with Crippen LogP contribution in [0.15, 0.2) is 200 Å². The molecular weight excluding hydrogens is 856 g/mol. The van der Waals surface area contributed by atoms with Gasteiger partial charge in [-0.15, -0.1) is 0 Å². The molecule has 12 rings (SSSR count). The first kappa shape index (κ1) is 44.8. The van der Waals surface area contributed by atoms with E-state index in [-0.39, 0.29) is 28.9 Å². The molecule has 0 saturated carbocycles. The Morgan fingerprint density at radius 1 is 0.437 bits per heavy atom. The molecule has 0 atom stereocenters. The van der Waals surface area contributed by atoms with Gasteiger partial charge < -0.3 is 9.80 Å². The third kappa shape index (κ3) is 7.47. The molecule has 1 aliphatic carbocycles. The highest BCUT2D eigenvalue weighted by molar-refractivity contribution is 7.00. The van der Waals surface area contributed by atoms with E-state index in [4.69, 9.17) is 0 Å². The molecule has 0 saturated heterocycles. The molecule has 3 aliphatic rings. The summed E-state index contributed by atoms with van der Waals surface area (Å²) in [7, 11) is 0. The normalized spacial score (nSPS) is 15.0. The van der Waals surface area contributed by atoms with Gasteiger partial charge in [-0.25, -0.2) is 0 Å². The van der Waals surface area contributed by atoms with Gasteiger partial charge in [0.2, 0.25) is 0 Å². The van der Waals surface area contributed by atoms with Gasteiger partial charge in [0.15, 0.2) is 0 Å². The minimum absolute atomic E-state index is 0.0127. The summed E-state index contributed by atoms with van der Waals surface area (Å²) in [5, 5.41) is 0. The van der Waals surface area contributed by atoms with E-state index in [0.29, 0.717) is 0 Å². The van der Waals surface area contributed by atoms with Gasteiger partial charge in [-0.3, -0.25) is 0 Å². The van der Waals surface area contributed by atoms with Crippen LogP contribution in [-0.2, 0) is 16.2 Å². The predicted octanol–water partition coefficient (Wildman–Crippen LogP) is 16.2. The monoisotopic (exact) mass is 919 g/mol. The van der Waals surface area contributed by atoms with Gasteiger partial charge in [-0.1, -0.05) is 200 Å². The molecule has 0 N–H and O–H groups in total. The lowest BCUT2D eigenvalue weighted by atomic mass is 9.33. The minimum Gasteiger partial charge on any atom is -0.311 e. The molecule has 3 heteroatoms. The molecule has 71 heavy (non-hydrogen) atoms. The van der Waals surface area contributed by atoms with Crippen LogP contribution < -0.4 is 26.2 Å². The summed E-state index contributed by atoms with van der Waals surface area (Å²) < 4.78 is 0. The van der Waals surface area contributed by atoms with E-state index in [9.17, 15) is 0 Å². The maximum atomic E-state index is 2.66. The van der Waals surface area contributed by atoms with Crippen molar-refractivity contribution in [2.24, 2.45) is 0 Å². The first-order valence-electron chi connectivity index (χ1n) is 25.7. The van der Waals surface area contributed by atoms with Crippen molar-refractivity contribution in [1.29, 1.82) is 0 Å². The average molecular weight is 919 g/mol. The molecule has 0 aromatic heterocycles. The summed E-state index contributed by atoms with van der Waals surface area (Å²) in [6, 6.07) is 76.1. The summed E-state index contributed by atoms with van der Waals surface area (Å²) in [5.41, 5.74) is 27.0. The Bertz CT molecular complexity index is 3470. The Balaban J connectivity index is 1.19. The molecule has 2 nitrogen and oxygen atoms in total. The second kappa shape index (κ2) is 16.6. The number of fused-ring (bicyclic) bond motifs is 5. The van der Waals surface area contributed by atoms with Crippen molar-refractivity contribution >= 4 is 57.2 Å². The van der Waals surface area contributed by atoms with E-state index >= 15 is 0 Å². The number of aryl methyl sites for hydroxylation is 2. The van der Waals surface area contributed by atoms with Crippen LogP contribution in [0.25, 0.3) is 22.3 Å². The smallest absolute Gasteiger partial charge is 0.252 e. The maximum Gasteiger partial charge on any atom is 0.252 e. The Kier molecular flexibility index (Phi) is 10.5. The number of hydrogen-bond acceptors (Lipinski definition) is 2. The lowest BCUT2D eigenvalue weighted by molar-refractivity contribution is 0.403. The predicted molar refractivity (Wildman–Crippen MR) is 304 cm³/mol. The highest BCUT2D eigenvalue weighted by Gasteiger charge is 2.48. The van der Waals surface area contributed by atoms with Gasteiger partial charge in [-0.2, -0.15) is 0 Å². The van der Waals surface area contributed by atoms with Crippen molar-refractivity contribution in [3.05, 3.63) is 245 Å². The van der Waals surface area contributed by atoms with Gasteiger partial charge in [0.05, 0.1) is 5.69 Å². The third-order valence-corrected chi connectivity index (χ3v) is 16.0.